The van der Waals surface area contributed by atoms with Crippen molar-refractivity contribution in [2.75, 3.05) is 0 Å². The van der Waals surface area contributed by atoms with E-state index in [-0.39, 0.29) is 0 Å². The maximum Gasteiger partial charge on any atom is 0.213 e. The highest BCUT2D eigenvalue weighted by molar-refractivity contribution is 5.83. The summed E-state index contributed by atoms with van der Waals surface area (Å²) in [6.45, 7) is 11.1. The summed E-state index contributed by atoms with van der Waals surface area (Å²) in [6, 6.07) is 20.0. The zero-order valence-electron chi connectivity index (χ0n) is 19.0. The first-order valence-corrected chi connectivity index (χ1v) is 10.8. The number of aromatic nitrogens is 2. The third kappa shape index (κ3) is 3.87. The molecule has 152 valence electrons. The van der Waals surface area contributed by atoms with Crippen molar-refractivity contribution in [3.63, 3.8) is 0 Å². The molecule has 4 aromatic rings. The Hall–Kier alpha value is -3.00. The lowest BCUT2D eigenvalue weighted by molar-refractivity contribution is -0.633. The summed E-state index contributed by atoms with van der Waals surface area (Å²) in [4.78, 5) is 4.72. The molecule has 2 aromatic carbocycles. The van der Waals surface area contributed by atoms with Crippen LogP contribution in [0, 0.1) is 26.7 Å². The van der Waals surface area contributed by atoms with E-state index in [1.165, 1.54) is 44.4 Å². The van der Waals surface area contributed by atoms with Crippen molar-refractivity contribution in [2.24, 2.45) is 13.0 Å². The summed E-state index contributed by atoms with van der Waals surface area (Å²) < 4.78 is 2.31. The van der Waals surface area contributed by atoms with Gasteiger partial charge in [-0.2, -0.15) is 4.57 Å². The van der Waals surface area contributed by atoms with Gasteiger partial charge in [-0.1, -0.05) is 31.5 Å². The lowest BCUT2D eigenvalue weighted by Gasteiger charge is -2.11. The molecule has 0 atom stereocenters. The number of pyridine rings is 2. The van der Waals surface area contributed by atoms with E-state index < -0.39 is 0 Å². The van der Waals surface area contributed by atoms with Crippen LogP contribution >= 0.6 is 0 Å². The lowest BCUT2D eigenvalue weighted by Crippen LogP contribution is -2.32. The molecule has 0 aliphatic heterocycles. The van der Waals surface area contributed by atoms with E-state index in [9.17, 15) is 0 Å². The minimum atomic E-state index is 0.647. The number of benzene rings is 2. The van der Waals surface area contributed by atoms with Crippen LogP contribution in [0.3, 0.4) is 0 Å². The summed E-state index contributed by atoms with van der Waals surface area (Å²) >= 11 is 0. The normalized spacial score (nSPS) is 11.4. The van der Waals surface area contributed by atoms with E-state index >= 15 is 0 Å². The fraction of sp³-hybridized carbons (Fsp3) is 0.286. The predicted octanol–water partition coefficient (Wildman–Crippen LogP) is 6.52. The monoisotopic (exact) mass is 395 g/mol. The Morgan fingerprint density at radius 1 is 0.900 bits per heavy atom. The maximum atomic E-state index is 4.72. The van der Waals surface area contributed by atoms with Crippen LogP contribution in [0.2, 0.25) is 0 Å². The first-order valence-electron chi connectivity index (χ1n) is 10.8. The molecule has 0 saturated heterocycles. The SMILES string of the molecule is Cc1cc(C)c(C)c(-c2ccc3cc(-c4ccc(CC(C)C)cn4)ccc3[n+]2C)c1. The van der Waals surface area contributed by atoms with E-state index in [4.69, 9.17) is 4.98 Å². The van der Waals surface area contributed by atoms with Crippen molar-refractivity contribution in [2.45, 2.75) is 41.0 Å². The molecule has 0 aliphatic carbocycles. The van der Waals surface area contributed by atoms with Crippen LogP contribution in [-0.4, -0.2) is 4.98 Å². The summed E-state index contributed by atoms with van der Waals surface area (Å²) in [5.74, 6) is 0.647. The highest BCUT2D eigenvalue weighted by atomic mass is 14.9. The Labute approximate surface area is 180 Å². The number of nitrogens with zero attached hydrogens (tertiary/aromatic N) is 2. The molecule has 4 rings (SSSR count). The standard InChI is InChI=1S/C28H31N2/c1-18(2)13-22-7-10-26(29-17-22)23-8-11-27-24(16-23)9-12-28(30(27)6)25-15-19(3)14-20(4)21(25)5/h7-12,14-18H,13H2,1-6H3/q+1. The van der Waals surface area contributed by atoms with Gasteiger partial charge < -0.3 is 0 Å². The van der Waals surface area contributed by atoms with E-state index in [0.717, 1.165) is 17.7 Å². The Bertz CT molecular complexity index is 1220. The second-order valence-corrected chi connectivity index (χ2v) is 8.96. The van der Waals surface area contributed by atoms with Crippen LogP contribution in [0.1, 0.15) is 36.1 Å². The summed E-state index contributed by atoms with van der Waals surface area (Å²) in [7, 11) is 2.16. The molecule has 2 nitrogen and oxygen atoms in total. The highest BCUT2D eigenvalue weighted by Gasteiger charge is 2.17. The van der Waals surface area contributed by atoms with Crippen LogP contribution in [-0.2, 0) is 13.5 Å². The van der Waals surface area contributed by atoms with Crippen molar-refractivity contribution in [3.8, 4) is 22.5 Å². The smallest absolute Gasteiger partial charge is 0.213 e. The molecule has 0 radical (unpaired) electrons. The maximum absolute atomic E-state index is 4.72. The molecule has 0 saturated carbocycles. The summed E-state index contributed by atoms with van der Waals surface area (Å²) in [5, 5.41) is 1.23. The molecule has 2 heterocycles. The van der Waals surface area contributed by atoms with E-state index in [2.05, 4.69) is 101 Å². The van der Waals surface area contributed by atoms with E-state index in [0.29, 0.717) is 5.92 Å². The van der Waals surface area contributed by atoms with Gasteiger partial charge in [0.15, 0.2) is 0 Å². The molecular weight excluding hydrogens is 364 g/mol. The van der Waals surface area contributed by atoms with Crippen molar-refractivity contribution in [3.05, 3.63) is 83.0 Å². The quantitative estimate of drug-likeness (QED) is 0.360. The molecule has 0 aliphatic rings. The zero-order valence-corrected chi connectivity index (χ0v) is 19.0. The Morgan fingerprint density at radius 2 is 1.70 bits per heavy atom. The van der Waals surface area contributed by atoms with E-state index in [1.54, 1.807) is 0 Å². The van der Waals surface area contributed by atoms with Gasteiger partial charge in [-0.3, -0.25) is 4.98 Å². The summed E-state index contributed by atoms with van der Waals surface area (Å²) in [6.07, 6.45) is 3.09. The summed E-state index contributed by atoms with van der Waals surface area (Å²) in [5.41, 5.74) is 11.3. The third-order valence-corrected chi connectivity index (χ3v) is 6.02. The fourth-order valence-corrected chi connectivity index (χ4v) is 4.33. The molecule has 0 bridgehead atoms. The minimum Gasteiger partial charge on any atom is -0.256 e. The number of aryl methyl sites for hydroxylation is 3. The predicted molar refractivity (Wildman–Crippen MR) is 127 cm³/mol. The average molecular weight is 396 g/mol. The van der Waals surface area contributed by atoms with Gasteiger partial charge in [0.1, 0.15) is 7.05 Å². The zero-order chi connectivity index (χ0) is 21.4. The molecule has 0 amide bonds. The third-order valence-electron chi connectivity index (χ3n) is 6.02. The van der Waals surface area contributed by atoms with Crippen molar-refractivity contribution < 1.29 is 4.57 Å². The molecule has 0 N–H and O–H groups in total. The van der Waals surface area contributed by atoms with Gasteiger partial charge in [-0.05, 0) is 80.1 Å². The number of rotatable bonds is 4. The Balaban J connectivity index is 1.75. The number of hydrogen-bond donors (Lipinski definition) is 0. The van der Waals surface area contributed by atoms with Gasteiger partial charge >= 0.3 is 0 Å². The molecule has 0 spiro atoms. The van der Waals surface area contributed by atoms with Crippen LogP contribution in [0.25, 0.3) is 33.4 Å². The van der Waals surface area contributed by atoms with E-state index in [1.807, 2.05) is 6.20 Å². The molecule has 2 heteroatoms. The second-order valence-electron chi connectivity index (χ2n) is 8.96. The van der Waals surface area contributed by atoms with Gasteiger partial charge in [0.2, 0.25) is 11.2 Å². The Kier molecular flexibility index (Phi) is 5.42. The first-order chi connectivity index (χ1) is 14.3. The van der Waals surface area contributed by atoms with Gasteiger partial charge in [0.25, 0.3) is 0 Å². The topological polar surface area (TPSA) is 16.8 Å². The van der Waals surface area contributed by atoms with Crippen molar-refractivity contribution in [1.29, 1.82) is 0 Å². The fourth-order valence-electron chi connectivity index (χ4n) is 4.33. The molecule has 2 aromatic heterocycles. The molecular formula is C28H31N2+. The van der Waals surface area contributed by atoms with Crippen molar-refractivity contribution >= 4 is 10.9 Å². The molecule has 30 heavy (non-hydrogen) atoms. The molecule has 0 fully saturated rings. The van der Waals surface area contributed by atoms with Crippen molar-refractivity contribution in [1.82, 2.24) is 4.98 Å². The van der Waals surface area contributed by atoms with Gasteiger partial charge in [-0.15, -0.1) is 0 Å². The van der Waals surface area contributed by atoms with Crippen LogP contribution in [0.15, 0.2) is 60.8 Å². The molecule has 0 unspecified atom stereocenters. The van der Waals surface area contributed by atoms with Crippen LogP contribution in [0.4, 0.5) is 0 Å². The van der Waals surface area contributed by atoms with Crippen LogP contribution in [0.5, 0.6) is 0 Å². The number of hydrogen-bond acceptors (Lipinski definition) is 1. The number of fused-ring (bicyclic) bond motifs is 1. The van der Waals surface area contributed by atoms with Crippen LogP contribution < -0.4 is 4.57 Å². The largest absolute Gasteiger partial charge is 0.256 e. The first kappa shape index (κ1) is 20.3. The second kappa shape index (κ2) is 8.02. The lowest BCUT2D eigenvalue weighted by atomic mass is 9.96. The Morgan fingerprint density at radius 3 is 2.40 bits per heavy atom. The minimum absolute atomic E-state index is 0.647. The average Bonchev–Trinajstić information content (AvgIpc) is 2.71. The van der Waals surface area contributed by atoms with Gasteiger partial charge in [-0.25, -0.2) is 0 Å². The van der Waals surface area contributed by atoms with Gasteiger partial charge in [0, 0.05) is 34.8 Å². The highest BCUT2D eigenvalue weighted by Crippen LogP contribution is 2.28. The van der Waals surface area contributed by atoms with Gasteiger partial charge in [0.05, 0.1) is 5.69 Å².